The monoisotopic (exact) mass is 243 g/mol. The van der Waals surface area contributed by atoms with Gasteiger partial charge in [0.2, 0.25) is 0 Å². The second kappa shape index (κ2) is 12.4. The minimum absolute atomic E-state index is 0.0754. The summed E-state index contributed by atoms with van der Waals surface area (Å²) in [4.78, 5) is 0. The molecule has 17 heavy (non-hydrogen) atoms. The van der Waals surface area contributed by atoms with E-state index in [0.29, 0.717) is 0 Å². The lowest BCUT2D eigenvalue weighted by Crippen LogP contribution is -2.31. The maximum Gasteiger partial charge on any atom is 0.0688 e. The van der Waals surface area contributed by atoms with Crippen LogP contribution in [0.2, 0.25) is 0 Å². The highest BCUT2D eigenvalue weighted by atomic mass is 16.3. The molecule has 0 saturated carbocycles. The molecule has 2 nitrogen and oxygen atoms in total. The summed E-state index contributed by atoms with van der Waals surface area (Å²) in [6.45, 7) is 4.14. The predicted octanol–water partition coefficient (Wildman–Crippen LogP) is 4.01. The van der Waals surface area contributed by atoms with Crippen molar-refractivity contribution in [1.29, 1.82) is 0 Å². The van der Waals surface area contributed by atoms with Crippen molar-refractivity contribution in [2.24, 2.45) is 5.73 Å². The van der Waals surface area contributed by atoms with Gasteiger partial charge in [-0.1, -0.05) is 71.1 Å². The molecule has 0 aromatic rings. The van der Waals surface area contributed by atoms with Crippen LogP contribution in [0.5, 0.6) is 0 Å². The number of nitrogens with two attached hydrogens (primary N) is 1. The van der Waals surface area contributed by atoms with Crippen molar-refractivity contribution in [2.45, 2.75) is 96.6 Å². The van der Waals surface area contributed by atoms with Crippen LogP contribution in [0.25, 0.3) is 0 Å². The van der Waals surface area contributed by atoms with Crippen LogP contribution in [-0.2, 0) is 0 Å². The smallest absolute Gasteiger partial charge is 0.0688 e. The standard InChI is InChI=1S/C15H33NO/c1-3-4-5-6-7-8-9-10-11-12-13-15(17)14(2)16/h14-15,17H,3-13,16H2,1-2H3/t14-,15+/m0/s1. The Morgan fingerprint density at radius 3 is 1.65 bits per heavy atom. The Labute approximate surface area is 108 Å². The lowest BCUT2D eigenvalue weighted by molar-refractivity contribution is 0.138. The number of unbranched alkanes of at least 4 members (excludes halogenated alkanes) is 9. The minimum atomic E-state index is -0.302. The highest BCUT2D eigenvalue weighted by Crippen LogP contribution is 2.12. The van der Waals surface area contributed by atoms with Gasteiger partial charge in [-0.3, -0.25) is 0 Å². The third-order valence-electron chi connectivity index (χ3n) is 3.46. The normalized spacial score (nSPS) is 14.8. The van der Waals surface area contributed by atoms with Crippen LogP contribution >= 0.6 is 0 Å². The number of rotatable bonds is 12. The summed E-state index contributed by atoms with van der Waals surface area (Å²) >= 11 is 0. The summed E-state index contributed by atoms with van der Waals surface area (Å²) in [5, 5.41) is 9.52. The molecule has 2 heteroatoms. The Kier molecular flexibility index (Phi) is 12.3. The van der Waals surface area contributed by atoms with Gasteiger partial charge in [-0.05, 0) is 13.3 Å². The van der Waals surface area contributed by atoms with Gasteiger partial charge in [-0.15, -0.1) is 0 Å². The lowest BCUT2D eigenvalue weighted by atomic mass is 10.0. The van der Waals surface area contributed by atoms with Crippen molar-refractivity contribution in [1.82, 2.24) is 0 Å². The first-order valence-corrected chi connectivity index (χ1v) is 7.62. The predicted molar refractivity (Wildman–Crippen MR) is 76.1 cm³/mol. The van der Waals surface area contributed by atoms with E-state index in [2.05, 4.69) is 6.92 Å². The number of hydrogen-bond donors (Lipinski definition) is 2. The van der Waals surface area contributed by atoms with E-state index in [1.54, 1.807) is 0 Å². The quantitative estimate of drug-likeness (QED) is 0.509. The van der Waals surface area contributed by atoms with Crippen molar-refractivity contribution < 1.29 is 5.11 Å². The van der Waals surface area contributed by atoms with Crippen molar-refractivity contribution in [3.8, 4) is 0 Å². The maximum atomic E-state index is 9.52. The van der Waals surface area contributed by atoms with Crippen molar-refractivity contribution >= 4 is 0 Å². The Morgan fingerprint density at radius 2 is 1.24 bits per heavy atom. The van der Waals surface area contributed by atoms with E-state index in [-0.39, 0.29) is 12.1 Å². The molecule has 0 aliphatic rings. The summed E-state index contributed by atoms with van der Waals surface area (Å²) in [5.41, 5.74) is 5.61. The average Bonchev–Trinajstić information content (AvgIpc) is 2.31. The molecular weight excluding hydrogens is 210 g/mol. The molecule has 104 valence electrons. The number of hydrogen-bond acceptors (Lipinski definition) is 2. The molecule has 0 fully saturated rings. The molecule has 0 spiro atoms. The van der Waals surface area contributed by atoms with Gasteiger partial charge in [0.15, 0.2) is 0 Å². The first-order valence-electron chi connectivity index (χ1n) is 7.62. The Balaban J connectivity index is 3.03. The van der Waals surface area contributed by atoms with E-state index in [9.17, 15) is 5.11 Å². The van der Waals surface area contributed by atoms with Crippen molar-refractivity contribution in [3.05, 3.63) is 0 Å². The molecule has 0 amide bonds. The third-order valence-corrected chi connectivity index (χ3v) is 3.46. The van der Waals surface area contributed by atoms with Gasteiger partial charge in [0, 0.05) is 6.04 Å². The summed E-state index contributed by atoms with van der Waals surface area (Å²) in [7, 11) is 0. The van der Waals surface area contributed by atoms with Crippen LogP contribution in [0, 0.1) is 0 Å². The van der Waals surface area contributed by atoms with Gasteiger partial charge < -0.3 is 10.8 Å². The van der Waals surface area contributed by atoms with E-state index >= 15 is 0 Å². The molecule has 2 atom stereocenters. The van der Waals surface area contributed by atoms with E-state index < -0.39 is 0 Å². The second-order valence-corrected chi connectivity index (χ2v) is 5.40. The molecule has 0 aromatic carbocycles. The first-order chi connectivity index (χ1) is 8.18. The topological polar surface area (TPSA) is 46.2 Å². The van der Waals surface area contributed by atoms with Gasteiger partial charge in [-0.25, -0.2) is 0 Å². The first kappa shape index (κ1) is 16.9. The van der Waals surface area contributed by atoms with E-state index in [0.717, 1.165) is 12.8 Å². The molecule has 0 aliphatic carbocycles. The van der Waals surface area contributed by atoms with E-state index in [1.165, 1.54) is 57.8 Å². The number of aliphatic hydroxyl groups excluding tert-OH is 1. The average molecular weight is 243 g/mol. The van der Waals surface area contributed by atoms with Crippen molar-refractivity contribution in [3.63, 3.8) is 0 Å². The van der Waals surface area contributed by atoms with Gasteiger partial charge in [0.05, 0.1) is 6.10 Å². The molecule has 0 aliphatic heterocycles. The van der Waals surface area contributed by atoms with Crippen LogP contribution in [0.3, 0.4) is 0 Å². The minimum Gasteiger partial charge on any atom is -0.392 e. The summed E-state index contributed by atoms with van der Waals surface area (Å²) < 4.78 is 0. The summed E-state index contributed by atoms with van der Waals surface area (Å²) in [5.74, 6) is 0. The maximum absolute atomic E-state index is 9.52. The zero-order valence-electron chi connectivity index (χ0n) is 12.0. The van der Waals surface area contributed by atoms with E-state index in [1.807, 2.05) is 6.92 Å². The molecule has 0 saturated heterocycles. The SMILES string of the molecule is CCCCCCCCCCCC[C@@H](O)[C@H](C)N. The molecule has 0 aromatic heterocycles. The lowest BCUT2D eigenvalue weighted by Gasteiger charge is -2.13. The van der Waals surface area contributed by atoms with Crippen molar-refractivity contribution in [2.75, 3.05) is 0 Å². The second-order valence-electron chi connectivity index (χ2n) is 5.40. The Hall–Kier alpha value is -0.0800. The molecule has 0 heterocycles. The summed E-state index contributed by atoms with van der Waals surface area (Å²) in [6, 6.07) is -0.0754. The van der Waals surface area contributed by atoms with Crippen LogP contribution in [0.1, 0.15) is 84.5 Å². The van der Waals surface area contributed by atoms with Crippen LogP contribution < -0.4 is 5.73 Å². The highest BCUT2D eigenvalue weighted by molar-refractivity contribution is 4.65. The fraction of sp³-hybridized carbons (Fsp3) is 1.00. The van der Waals surface area contributed by atoms with Gasteiger partial charge >= 0.3 is 0 Å². The molecule has 0 unspecified atom stereocenters. The fourth-order valence-electron chi connectivity index (χ4n) is 2.10. The highest BCUT2D eigenvalue weighted by Gasteiger charge is 2.07. The van der Waals surface area contributed by atoms with Crippen LogP contribution in [-0.4, -0.2) is 17.3 Å². The van der Waals surface area contributed by atoms with Gasteiger partial charge in [0.1, 0.15) is 0 Å². The molecule has 0 radical (unpaired) electrons. The zero-order valence-corrected chi connectivity index (χ0v) is 12.0. The van der Waals surface area contributed by atoms with Crippen LogP contribution in [0.4, 0.5) is 0 Å². The fourth-order valence-corrected chi connectivity index (χ4v) is 2.10. The van der Waals surface area contributed by atoms with E-state index in [4.69, 9.17) is 5.73 Å². The molecule has 0 rings (SSSR count). The summed E-state index contributed by atoms with van der Waals surface area (Å²) in [6.07, 6.45) is 14.0. The van der Waals surface area contributed by atoms with Crippen LogP contribution in [0.15, 0.2) is 0 Å². The molecular formula is C15H33NO. The van der Waals surface area contributed by atoms with Gasteiger partial charge in [0.25, 0.3) is 0 Å². The largest absolute Gasteiger partial charge is 0.392 e. The Morgan fingerprint density at radius 1 is 0.824 bits per heavy atom. The molecule has 0 bridgehead atoms. The van der Waals surface area contributed by atoms with Gasteiger partial charge in [-0.2, -0.15) is 0 Å². The zero-order chi connectivity index (χ0) is 12.9. The number of aliphatic hydroxyl groups is 1. The third kappa shape index (κ3) is 12.2. The molecule has 3 N–H and O–H groups in total. The Bertz CT molecular complexity index is 148.